The molecular formula is C30H41N3O8. The maximum absolute atomic E-state index is 13.7. The normalized spacial score (nSPS) is 13.8. The van der Waals surface area contributed by atoms with Crippen LogP contribution in [0.5, 0.6) is 11.5 Å². The number of carbonyl (C=O) groups is 3. The predicted octanol–water partition coefficient (Wildman–Crippen LogP) is 5.47. The number of rotatable bonds is 11. The molecule has 1 atom stereocenters. The van der Waals surface area contributed by atoms with E-state index in [9.17, 15) is 19.5 Å². The molecule has 0 saturated carbocycles. The summed E-state index contributed by atoms with van der Waals surface area (Å²) in [5.41, 5.74) is 6.65. The second-order valence-corrected chi connectivity index (χ2v) is 11.5. The molecule has 0 spiro atoms. The van der Waals surface area contributed by atoms with Crippen molar-refractivity contribution in [2.45, 2.75) is 71.8 Å². The van der Waals surface area contributed by atoms with Gasteiger partial charge in [-0.25, -0.2) is 9.59 Å². The summed E-state index contributed by atoms with van der Waals surface area (Å²) < 4.78 is 21.9. The number of methoxy groups -OCH3 is 1. The molecule has 2 aromatic carbocycles. The Balaban J connectivity index is 2.00. The molecule has 3 rings (SSSR count). The van der Waals surface area contributed by atoms with E-state index in [2.05, 4.69) is 0 Å². The summed E-state index contributed by atoms with van der Waals surface area (Å²) in [5.74, 6) is 0.869. The highest BCUT2D eigenvalue weighted by Gasteiger charge is 2.37. The number of hydrogen-bond donors (Lipinski definition) is 2. The molecule has 0 aliphatic carbocycles. The summed E-state index contributed by atoms with van der Waals surface area (Å²) in [6.45, 7) is 11.1. The Morgan fingerprint density at radius 1 is 1.10 bits per heavy atom. The van der Waals surface area contributed by atoms with Crippen molar-refractivity contribution in [1.82, 2.24) is 9.80 Å². The number of anilines is 1. The van der Waals surface area contributed by atoms with Crippen LogP contribution in [0.15, 0.2) is 36.4 Å². The largest absolute Gasteiger partial charge is 0.506 e. The highest BCUT2D eigenvalue weighted by atomic mass is 16.7. The minimum absolute atomic E-state index is 0.0607. The molecule has 0 radical (unpaired) electrons. The third-order valence-corrected chi connectivity index (χ3v) is 6.51. The van der Waals surface area contributed by atoms with Crippen LogP contribution in [0.25, 0.3) is 0 Å². The summed E-state index contributed by atoms with van der Waals surface area (Å²) in [4.78, 5) is 41.4. The Morgan fingerprint density at radius 2 is 1.80 bits per heavy atom. The molecule has 1 unspecified atom stereocenters. The van der Waals surface area contributed by atoms with E-state index < -0.39 is 29.5 Å². The third kappa shape index (κ3) is 7.96. The van der Waals surface area contributed by atoms with E-state index in [-0.39, 0.29) is 19.0 Å². The van der Waals surface area contributed by atoms with Gasteiger partial charge in [-0.1, -0.05) is 18.2 Å². The van der Waals surface area contributed by atoms with Crippen molar-refractivity contribution < 1.29 is 38.4 Å². The molecule has 11 heteroatoms. The van der Waals surface area contributed by atoms with Crippen LogP contribution in [-0.2, 0) is 16.0 Å². The number of fused-ring (bicyclic) bond motifs is 1. The summed E-state index contributed by atoms with van der Waals surface area (Å²) in [6, 6.07) is 10.4. The first kappa shape index (κ1) is 31.4. The van der Waals surface area contributed by atoms with E-state index in [0.29, 0.717) is 42.3 Å². The van der Waals surface area contributed by atoms with Gasteiger partial charge >= 0.3 is 12.2 Å². The third-order valence-electron chi connectivity index (χ3n) is 6.51. The number of nitrogen functional groups attached to an aromatic ring is 1. The van der Waals surface area contributed by atoms with Crippen LogP contribution in [0.2, 0.25) is 0 Å². The van der Waals surface area contributed by atoms with Gasteiger partial charge < -0.3 is 39.6 Å². The number of nitrogens with zero attached hydrogens (tertiary/aromatic N) is 2. The molecule has 11 nitrogen and oxygen atoms in total. The molecule has 1 aliphatic rings. The number of carboxylic acid groups (broad SMARTS) is 1. The molecule has 0 fully saturated rings. The fourth-order valence-electron chi connectivity index (χ4n) is 4.90. The smallest absolute Gasteiger partial charge is 0.493 e. The van der Waals surface area contributed by atoms with Crippen LogP contribution < -0.4 is 15.2 Å². The summed E-state index contributed by atoms with van der Waals surface area (Å²) in [7, 11) is 1.55. The van der Waals surface area contributed by atoms with Crippen molar-refractivity contribution in [2.24, 2.45) is 0 Å². The van der Waals surface area contributed by atoms with E-state index in [0.717, 1.165) is 11.1 Å². The lowest BCUT2D eigenvalue weighted by atomic mass is 10.00. The van der Waals surface area contributed by atoms with E-state index in [1.54, 1.807) is 58.8 Å². The van der Waals surface area contributed by atoms with Crippen molar-refractivity contribution in [3.8, 4) is 11.5 Å². The van der Waals surface area contributed by atoms with Gasteiger partial charge in [0.15, 0.2) is 11.5 Å². The van der Waals surface area contributed by atoms with E-state index in [1.807, 2.05) is 31.2 Å². The fourth-order valence-corrected chi connectivity index (χ4v) is 4.90. The topological polar surface area (TPSA) is 141 Å². The zero-order valence-electron chi connectivity index (χ0n) is 24.9. The van der Waals surface area contributed by atoms with Crippen molar-refractivity contribution in [1.29, 1.82) is 0 Å². The summed E-state index contributed by atoms with van der Waals surface area (Å²) in [5, 5.41) is 9.21. The monoisotopic (exact) mass is 571 g/mol. The Hall–Kier alpha value is -4.15. The second-order valence-electron chi connectivity index (χ2n) is 11.5. The molecule has 2 aromatic rings. The lowest BCUT2D eigenvalue weighted by Crippen LogP contribution is -2.47. The van der Waals surface area contributed by atoms with Crippen molar-refractivity contribution in [2.75, 3.05) is 32.5 Å². The number of amides is 2. The van der Waals surface area contributed by atoms with Gasteiger partial charge in [0, 0.05) is 18.8 Å². The van der Waals surface area contributed by atoms with Gasteiger partial charge in [0.25, 0.3) is 5.91 Å². The van der Waals surface area contributed by atoms with E-state index in [1.165, 1.54) is 4.90 Å². The van der Waals surface area contributed by atoms with Crippen LogP contribution in [0.4, 0.5) is 15.3 Å². The molecule has 2 amide bonds. The van der Waals surface area contributed by atoms with Gasteiger partial charge in [0.1, 0.15) is 11.2 Å². The predicted molar refractivity (Wildman–Crippen MR) is 153 cm³/mol. The Morgan fingerprint density at radius 3 is 2.39 bits per heavy atom. The van der Waals surface area contributed by atoms with Crippen LogP contribution in [0.3, 0.4) is 0 Å². The fraction of sp³-hybridized carbons (Fsp3) is 0.500. The van der Waals surface area contributed by atoms with Crippen molar-refractivity contribution in [3.63, 3.8) is 0 Å². The Bertz CT molecular complexity index is 1270. The average Bonchev–Trinajstić information content (AvgIpc) is 3.19. The molecule has 41 heavy (non-hydrogen) atoms. The lowest BCUT2D eigenvalue weighted by molar-refractivity contribution is -0.0290. The second kappa shape index (κ2) is 12.6. The van der Waals surface area contributed by atoms with Crippen molar-refractivity contribution in [3.05, 3.63) is 53.1 Å². The maximum Gasteiger partial charge on any atom is 0.506 e. The Labute approximate surface area is 241 Å². The standard InChI is InChI=1S/C30H41N3O8/c1-8-39-24-16-19(12-13-23(24)38-7)22(33-17-20-10-9-11-21(31)25(20)26(33)34)14-15-32(27(35)40-29(2,3)4)18-30(5,6)41-28(36)37/h9-13,16,22H,8,14-15,17-18,31H2,1-7H3,(H,36,37). The number of nitrogens with two attached hydrogens (primary N) is 1. The first-order valence-electron chi connectivity index (χ1n) is 13.5. The SMILES string of the molecule is CCOc1cc(C(CCN(CC(C)(C)OC(=O)O)C(=O)OC(C)(C)C)N2Cc3cccc(N)c3C2=O)ccc1OC. The van der Waals surface area contributed by atoms with E-state index in [4.69, 9.17) is 24.7 Å². The molecule has 224 valence electrons. The highest BCUT2D eigenvalue weighted by molar-refractivity contribution is 6.03. The van der Waals surface area contributed by atoms with Crippen molar-refractivity contribution >= 4 is 23.8 Å². The van der Waals surface area contributed by atoms with Crippen LogP contribution in [0, 0.1) is 0 Å². The number of ether oxygens (including phenoxy) is 4. The summed E-state index contributed by atoms with van der Waals surface area (Å²) in [6.07, 6.45) is -1.76. The maximum atomic E-state index is 13.7. The minimum Gasteiger partial charge on any atom is -0.493 e. The van der Waals surface area contributed by atoms with Gasteiger partial charge in [-0.05, 0) is 77.3 Å². The first-order valence-corrected chi connectivity index (χ1v) is 13.5. The highest BCUT2D eigenvalue weighted by Crippen LogP contribution is 2.39. The molecule has 1 heterocycles. The van der Waals surface area contributed by atoms with Gasteiger partial charge in [-0.15, -0.1) is 0 Å². The Kier molecular flexibility index (Phi) is 9.62. The first-order chi connectivity index (χ1) is 19.2. The quantitative estimate of drug-likeness (QED) is 0.265. The van der Waals surface area contributed by atoms with Crippen LogP contribution in [-0.4, -0.2) is 71.1 Å². The molecule has 0 bridgehead atoms. The minimum atomic E-state index is -1.45. The molecular weight excluding hydrogens is 530 g/mol. The lowest BCUT2D eigenvalue weighted by Gasteiger charge is -2.35. The zero-order chi connectivity index (χ0) is 30.5. The van der Waals surface area contributed by atoms with E-state index >= 15 is 0 Å². The van der Waals surface area contributed by atoms with Gasteiger partial charge in [-0.2, -0.15) is 0 Å². The average molecular weight is 572 g/mol. The molecule has 3 N–H and O–H groups in total. The molecule has 1 aliphatic heterocycles. The van der Waals surface area contributed by atoms with Crippen LogP contribution >= 0.6 is 0 Å². The number of hydrogen-bond acceptors (Lipinski definition) is 8. The molecule has 0 saturated heterocycles. The summed E-state index contributed by atoms with van der Waals surface area (Å²) >= 11 is 0. The van der Waals surface area contributed by atoms with Gasteiger partial charge in [-0.3, -0.25) is 4.79 Å². The number of carbonyl (C=O) groups excluding carboxylic acids is 2. The molecule has 0 aromatic heterocycles. The van der Waals surface area contributed by atoms with Gasteiger partial charge in [0.2, 0.25) is 0 Å². The number of benzene rings is 2. The van der Waals surface area contributed by atoms with Gasteiger partial charge in [0.05, 0.1) is 31.9 Å². The zero-order valence-corrected chi connectivity index (χ0v) is 24.9. The van der Waals surface area contributed by atoms with Crippen LogP contribution in [0.1, 0.15) is 75.5 Å².